The molecule has 1 aromatic heterocycles. The van der Waals surface area contributed by atoms with Crippen LogP contribution in [0.25, 0.3) is 0 Å². The van der Waals surface area contributed by atoms with E-state index in [0.717, 1.165) is 37.7 Å². The lowest BCUT2D eigenvalue weighted by Crippen LogP contribution is -2.49. The first kappa shape index (κ1) is 16.2. The summed E-state index contributed by atoms with van der Waals surface area (Å²) in [5.74, 6) is 0.621. The minimum atomic E-state index is -0.0917. The number of fused-ring (bicyclic) bond motifs is 1. The predicted octanol–water partition coefficient (Wildman–Crippen LogP) is 2.86. The Balaban J connectivity index is 2.08. The molecule has 6 heteroatoms. The van der Waals surface area contributed by atoms with Crippen LogP contribution < -0.4 is 11.2 Å². The fourth-order valence-corrected chi connectivity index (χ4v) is 3.97. The summed E-state index contributed by atoms with van der Waals surface area (Å²) in [6.45, 7) is 5.01. The number of thiophene rings is 1. The lowest BCUT2D eigenvalue weighted by Gasteiger charge is -2.24. The van der Waals surface area contributed by atoms with Crippen LogP contribution in [0.4, 0.5) is 0 Å². The van der Waals surface area contributed by atoms with Gasteiger partial charge < -0.3 is 5.73 Å². The van der Waals surface area contributed by atoms with Crippen LogP contribution in [0, 0.1) is 5.92 Å². The quantitative estimate of drug-likeness (QED) is 0.660. The lowest BCUT2D eigenvalue weighted by atomic mass is 9.88. The molecular weight excluding hydrogens is 302 g/mol. The zero-order valence-corrected chi connectivity index (χ0v) is 14.3. The highest BCUT2D eigenvalue weighted by molar-refractivity contribution is 7.80. The monoisotopic (exact) mass is 325 g/mol. The summed E-state index contributed by atoms with van der Waals surface area (Å²) in [5.41, 5.74) is 10.5. The molecule has 1 unspecified atom stereocenters. The molecule has 1 aliphatic rings. The van der Waals surface area contributed by atoms with Crippen LogP contribution >= 0.6 is 23.6 Å². The number of thiocarbonyl (C=S) groups is 1. The van der Waals surface area contributed by atoms with Crippen LogP contribution in [0.3, 0.4) is 0 Å². The number of carbonyl (C=O) groups is 1. The van der Waals surface area contributed by atoms with Crippen molar-refractivity contribution in [1.29, 1.82) is 0 Å². The first-order valence-corrected chi connectivity index (χ1v) is 8.78. The molecule has 0 radical (unpaired) electrons. The molecule has 0 saturated heterocycles. The summed E-state index contributed by atoms with van der Waals surface area (Å²) in [6.07, 6.45) is 5.20. The van der Waals surface area contributed by atoms with Gasteiger partial charge in [0, 0.05) is 16.8 Å². The van der Waals surface area contributed by atoms with Gasteiger partial charge in [0.15, 0.2) is 5.11 Å². The summed E-state index contributed by atoms with van der Waals surface area (Å²) in [4.78, 5) is 13.8. The Kier molecular flexibility index (Phi) is 5.58. The molecule has 0 aromatic carbocycles. The Bertz CT molecular complexity index is 527. The van der Waals surface area contributed by atoms with Gasteiger partial charge in [-0.05, 0) is 49.4 Å². The summed E-state index contributed by atoms with van der Waals surface area (Å²) in [6, 6.07) is 0. The first-order valence-electron chi connectivity index (χ1n) is 7.50. The number of carbonyl (C=O) groups excluding carboxylic acids is 1. The number of hydrazine groups is 1. The number of unbranched alkanes of at least 4 members (excludes halogenated alkanes) is 1. The molecule has 1 aromatic rings. The smallest absolute Gasteiger partial charge is 0.270 e. The molecule has 0 spiro atoms. The number of nitrogens with two attached hydrogens (primary N) is 1. The third-order valence-corrected chi connectivity index (χ3v) is 5.16. The van der Waals surface area contributed by atoms with E-state index in [4.69, 9.17) is 18.0 Å². The third-order valence-electron chi connectivity index (χ3n) is 3.88. The average molecular weight is 326 g/mol. The second kappa shape index (κ2) is 7.22. The maximum Gasteiger partial charge on any atom is 0.270 e. The number of hydrogen-bond donors (Lipinski definition) is 2. The minimum absolute atomic E-state index is 0.0917. The van der Waals surface area contributed by atoms with Gasteiger partial charge in [0.05, 0.1) is 5.56 Å². The van der Waals surface area contributed by atoms with Crippen molar-refractivity contribution in [2.75, 3.05) is 6.54 Å². The van der Waals surface area contributed by atoms with Gasteiger partial charge in [0.2, 0.25) is 0 Å². The van der Waals surface area contributed by atoms with Gasteiger partial charge in [-0.2, -0.15) is 0 Å². The van der Waals surface area contributed by atoms with Crippen molar-refractivity contribution in [2.45, 2.75) is 46.0 Å². The fourth-order valence-electron chi connectivity index (χ4n) is 2.59. The van der Waals surface area contributed by atoms with E-state index in [1.54, 1.807) is 16.3 Å². The van der Waals surface area contributed by atoms with Gasteiger partial charge in [-0.3, -0.25) is 15.2 Å². The molecule has 1 atom stereocenters. The maximum atomic E-state index is 12.5. The molecule has 0 aliphatic heterocycles. The normalized spacial score (nSPS) is 17.1. The van der Waals surface area contributed by atoms with Crippen molar-refractivity contribution in [3.05, 3.63) is 21.4 Å². The molecule has 21 heavy (non-hydrogen) atoms. The van der Waals surface area contributed by atoms with E-state index < -0.39 is 0 Å². The third kappa shape index (κ3) is 3.95. The predicted molar refractivity (Wildman–Crippen MR) is 91.4 cm³/mol. The zero-order valence-electron chi connectivity index (χ0n) is 12.6. The van der Waals surface area contributed by atoms with E-state index in [2.05, 4.69) is 19.3 Å². The molecule has 2 rings (SSSR count). The van der Waals surface area contributed by atoms with Crippen LogP contribution in [0.5, 0.6) is 0 Å². The Hall–Kier alpha value is -1.14. The molecule has 4 nitrogen and oxygen atoms in total. The van der Waals surface area contributed by atoms with Gasteiger partial charge in [-0.15, -0.1) is 11.3 Å². The number of rotatable bonds is 4. The van der Waals surface area contributed by atoms with Gasteiger partial charge in [0.25, 0.3) is 5.91 Å². The van der Waals surface area contributed by atoms with Gasteiger partial charge in [0.1, 0.15) is 0 Å². The zero-order chi connectivity index (χ0) is 15.4. The van der Waals surface area contributed by atoms with Gasteiger partial charge >= 0.3 is 0 Å². The Morgan fingerprint density at radius 1 is 1.62 bits per heavy atom. The van der Waals surface area contributed by atoms with E-state index in [0.29, 0.717) is 12.5 Å². The van der Waals surface area contributed by atoms with Crippen molar-refractivity contribution in [2.24, 2.45) is 11.7 Å². The van der Waals surface area contributed by atoms with E-state index in [1.165, 1.54) is 10.4 Å². The van der Waals surface area contributed by atoms with Crippen LogP contribution in [0.2, 0.25) is 0 Å². The highest BCUT2D eigenvalue weighted by atomic mass is 32.1. The highest BCUT2D eigenvalue weighted by Crippen LogP contribution is 2.32. The van der Waals surface area contributed by atoms with Crippen molar-refractivity contribution < 1.29 is 4.79 Å². The maximum absolute atomic E-state index is 12.5. The van der Waals surface area contributed by atoms with Crippen molar-refractivity contribution in [3.63, 3.8) is 0 Å². The first-order chi connectivity index (χ1) is 10.0. The molecule has 1 aliphatic carbocycles. The lowest BCUT2D eigenvalue weighted by molar-refractivity contribution is 0.0869. The van der Waals surface area contributed by atoms with Crippen LogP contribution in [0.15, 0.2) is 5.38 Å². The topological polar surface area (TPSA) is 58.4 Å². The molecule has 0 fully saturated rings. The summed E-state index contributed by atoms with van der Waals surface area (Å²) >= 11 is 6.70. The van der Waals surface area contributed by atoms with Crippen LogP contribution in [-0.4, -0.2) is 22.6 Å². The summed E-state index contributed by atoms with van der Waals surface area (Å²) in [5, 5.41) is 3.77. The standard InChI is InChI=1S/C15H23N3OS2/c1-3-4-7-18(15(16)20)17-14(19)12-9-21-13-8-10(2)5-6-11(12)13/h9-10H,3-8H2,1-2H3,(H2,16,20)(H,17,19). The second-order valence-corrected chi connectivity index (χ2v) is 7.07. The van der Waals surface area contributed by atoms with Crippen LogP contribution in [0.1, 0.15) is 53.9 Å². The summed E-state index contributed by atoms with van der Waals surface area (Å²) < 4.78 is 0. The number of hydrogen-bond acceptors (Lipinski definition) is 3. The van der Waals surface area contributed by atoms with Crippen LogP contribution in [-0.2, 0) is 12.8 Å². The molecule has 3 N–H and O–H groups in total. The van der Waals surface area contributed by atoms with E-state index in [-0.39, 0.29) is 11.0 Å². The van der Waals surface area contributed by atoms with Crippen molar-refractivity contribution in [3.8, 4) is 0 Å². The number of nitrogens with one attached hydrogen (secondary N) is 1. The Morgan fingerprint density at radius 3 is 3.05 bits per heavy atom. The van der Waals surface area contributed by atoms with E-state index in [1.807, 2.05) is 5.38 Å². The molecule has 1 heterocycles. The minimum Gasteiger partial charge on any atom is -0.375 e. The SMILES string of the molecule is CCCCN(NC(=O)c1csc2c1CCC(C)C2)C(N)=S. The molecule has 0 bridgehead atoms. The van der Waals surface area contributed by atoms with Crippen molar-refractivity contribution in [1.82, 2.24) is 10.4 Å². The second-order valence-electron chi connectivity index (χ2n) is 5.68. The number of nitrogens with zero attached hydrogens (tertiary/aromatic N) is 1. The van der Waals surface area contributed by atoms with Gasteiger partial charge in [-0.1, -0.05) is 20.3 Å². The van der Waals surface area contributed by atoms with Gasteiger partial charge in [-0.25, -0.2) is 0 Å². The average Bonchev–Trinajstić information content (AvgIpc) is 2.85. The Morgan fingerprint density at radius 2 is 2.38 bits per heavy atom. The van der Waals surface area contributed by atoms with E-state index in [9.17, 15) is 4.79 Å². The molecular formula is C15H23N3OS2. The fraction of sp³-hybridized carbons (Fsp3) is 0.600. The van der Waals surface area contributed by atoms with E-state index >= 15 is 0 Å². The molecule has 0 saturated carbocycles. The Labute approximate surface area is 135 Å². The molecule has 116 valence electrons. The highest BCUT2D eigenvalue weighted by Gasteiger charge is 2.24. The number of amides is 1. The largest absolute Gasteiger partial charge is 0.375 e. The molecule has 1 amide bonds. The summed E-state index contributed by atoms with van der Waals surface area (Å²) in [7, 11) is 0. The van der Waals surface area contributed by atoms with Crippen molar-refractivity contribution >= 4 is 34.6 Å².